The molecule has 0 radical (unpaired) electrons. The molecule has 0 heterocycles. The number of rotatable bonds is 6. The summed E-state index contributed by atoms with van der Waals surface area (Å²) in [5.41, 5.74) is 1.29. The molecule has 116 valence electrons. The summed E-state index contributed by atoms with van der Waals surface area (Å²) < 4.78 is 5.41. The highest BCUT2D eigenvalue weighted by Gasteiger charge is 2.33. The van der Waals surface area contributed by atoms with Gasteiger partial charge in [0.25, 0.3) is 5.91 Å². The van der Waals surface area contributed by atoms with Gasteiger partial charge in [0.05, 0.1) is 6.04 Å². The van der Waals surface area contributed by atoms with Crippen LogP contribution in [0, 0.1) is 0 Å². The van der Waals surface area contributed by atoms with Crippen LogP contribution in [0.1, 0.15) is 37.4 Å². The Kier molecular flexibility index (Phi) is 5.34. The Morgan fingerprint density at radius 2 is 1.50 bits per heavy atom. The van der Waals surface area contributed by atoms with E-state index in [1.165, 1.54) is 0 Å². The molecule has 3 nitrogen and oxygen atoms in total. The smallest absolute Gasteiger partial charge is 0.252 e. The van der Waals surface area contributed by atoms with E-state index >= 15 is 0 Å². The Balaban J connectivity index is 2.33. The van der Waals surface area contributed by atoms with E-state index in [1.54, 1.807) is 7.11 Å². The third kappa shape index (κ3) is 3.55. The second-order valence-electron chi connectivity index (χ2n) is 5.52. The summed E-state index contributed by atoms with van der Waals surface area (Å²) in [5.74, 6) is -0.102. The highest BCUT2D eigenvalue weighted by molar-refractivity contribution is 5.85. The first kappa shape index (κ1) is 16.2. The van der Waals surface area contributed by atoms with E-state index in [0.717, 1.165) is 11.1 Å². The molecule has 0 bridgehead atoms. The van der Waals surface area contributed by atoms with Crippen molar-refractivity contribution in [1.82, 2.24) is 5.32 Å². The molecule has 1 unspecified atom stereocenters. The van der Waals surface area contributed by atoms with Gasteiger partial charge in [-0.05, 0) is 24.5 Å². The maximum absolute atomic E-state index is 12.6. The average Bonchev–Trinajstić information content (AvgIpc) is 2.60. The number of amides is 1. The van der Waals surface area contributed by atoms with Crippen LogP contribution in [0.4, 0.5) is 0 Å². The largest absolute Gasteiger partial charge is 0.369 e. The molecule has 0 aliphatic carbocycles. The fourth-order valence-electron chi connectivity index (χ4n) is 2.33. The van der Waals surface area contributed by atoms with Crippen LogP contribution in [0.3, 0.4) is 0 Å². The molecule has 2 rings (SSSR count). The Bertz CT molecular complexity index is 552. The van der Waals surface area contributed by atoms with Gasteiger partial charge in [-0.1, -0.05) is 67.6 Å². The van der Waals surface area contributed by atoms with Gasteiger partial charge in [-0.2, -0.15) is 0 Å². The Hall–Kier alpha value is -2.13. The molecule has 0 saturated heterocycles. The van der Waals surface area contributed by atoms with Gasteiger partial charge in [0, 0.05) is 7.11 Å². The molecule has 1 atom stereocenters. The monoisotopic (exact) mass is 297 g/mol. The van der Waals surface area contributed by atoms with Gasteiger partial charge in [-0.25, -0.2) is 0 Å². The number of nitrogens with one attached hydrogen (secondary N) is 1. The maximum atomic E-state index is 12.6. The first-order chi connectivity index (χ1) is 10.6. The van der Waals surface area contributed by atoms with Crippen molar-refractivity contribution in [3.8, 4) is 0 Å². The highest BCUT2D eigenvalue weighted by Crippen LogP contribution is 2.24. The minimum Gasteiger partial charge on any atom is -0.369 e. The summed E-state index contributed by atoms with van der Waals surface area (Å²) >= 11 is 0. The summed E-state index contributed by atoms with van der Waals surface area (Å²) in [7, 11) is 1.57. The van der Waals surface area contributed by atoms with Gasteiger partial charge >= 0.3 is 0 Å². The van der Waals surface area contributed by atoms with E-state index in [4.69, 9.17) is 4.74 Å². The zero-order chi connectivity index (χ0) is 16.0. The summed E-state index contributed by atoms with van der Waals surface area (Å²) in [5, 5.41) is 3.13. The lowest BCUT2D eigenvalue weighted by Crippen LogP contribution is -2.47. The molecule has 3 heteroatoms. The molecule has 2 aromatic rings. The Labute approximate surface area is 132 Å². The molecule has 0 aliphatic rings. The second kappa shape index (κ2) is 7.23. The molecule has 0 aromatic heterocycles. The molecular formula is C19H23NO2. The molecule has 0 spiro atoms. The number of ether oxygens (including phenoxy) is 1. The van der Waals surface area contributed by atoms with Crippen molar-refractivity contribution in [2.24, 2.45) is 0 Å². The standard InChI is InChI=1S/C19H23NO2/c1-4-19(2,22-3)18(21)20-17(15-11-7-5-8-12-15)16-13-9-6-10-14-16/h5-14,17H,4H2,1-3H3,(H,20,21). The first-order valence-corrected chi connectivity index (χ1v) is 7.56. The third-order valence-corrected chi connectivity index (χ3v) is 4.15. The van der Waals surface area contributed by atoms with E-state index < -0.39 is 5.60 Å². The fraction of sp³-hybridized carbons (Fsp3) is 0.316. The lowest BCUT2D eigenvalue weighted by Gasteiger charge is -2.29. The van der Waals surface area contributed by atoms with Crippen molar-refractivity contribution < 1.29 is 9.53 Å². The topological polar surface area (TPSA) is 38.3 Å². The van der Waals surface area contributed by atoms with Crippen LogP contribution in [-0.4, -0.2) is 18.6 Å². The first-order valence-electron chi connectivity index (χ1n) is 7.56. The molecule has 0 aliphatic heterocycles. The van der Waals surface area contributed by atoms with Crippen LogP contribution >= 0.6 is 0 Å². The molecule has 1 N–H and O–H groups in total. The van der Waals surface area contributed by atoms with Gasteiger partial charge in [-0.3, -0.25) is 4.79 Å². The van der Waals surface area contributed by atoms with Gasteiger partial charge < -0.3 is 10.1 Å². The molecule has 0 saturated carbocycles. The lowest BCUT2D eigenvalue weighted by molar-refractivity contribution is -0.142. The van der Waals surface area contributed by atoms with Crippen LogP contribution in [0.25, 0.3) is 0 Å². The van der Waals surface area contributed by atoms with Crippen LogP contribution in [0.2, 0.25) is 0 Å². The number of methoxy groups -OCH3 is 1. The predicted octanol–water partition coefficient (Wildman–Crippen LogP) is 3.71. The third-order valence-electron chi connectivity index (χ3n) is 4.15. The van der Waals surface area contributed by atoms with Crippen molar-refractivity contribution in [3.05, 3.63) is 71.8 Å². The van der Waals surface area contributed by atoms with Gasteiger partial charge in [0.2, 0.25) is 0 Å². The summed E-state index contributed by atoms with van der Waals surface area (Å²) in [4.78, 5) is 12.6. The molecule has 0 fully saturated rings. The molecular weight excluding hydrogens is 274 g/mol. The van der Waals surface area contributed by atoms with E-state index in [2.05, 4.69) is 5.32 Å². The van der Waals surface area contributed by atoms with E-state index in [9.17, 15) is 4.79 Å². The Morgan fingerprint density at radius 3 is 1.86 bits per heavy atom. The van der Waals surface area contributed by atoms with Gasteiger partial charge in [0.1, 0.15) is 5.60 Å². The van der Waals surface area contributed by atoms with Crippen molar-refractivity contribution in [3.63, 3.8) is 0 Å². The minimum absolute atomic E-state index is 0.102. The number of hydrogen-bond acceptors (Lipinski definition) is 2. The maximum Gasteiger partial charge on any atom is 0.252 e. The van der Waals surface area contributed by atoms with Crippen molar-refractivity contribution in [2.75, 3.05) is 7.11 Å². The normalized spacial score (nSPS) is 13.6. The molecule has 1 amide bonds. The average molecular weight is 297 g/mol. The fourth-order valence-corrected chi connectivity index (χ4v) is 2.33. The predicted molar refractivity (Wildman–Crippen MR) is 88.6 cm³/mol. The zero-order valence-electron chi connectivity index (χ0n) is 13.4. The molecule has 2 aromatic carbocycles. The number of hydrogen-bond donors (Lipinski definition) is 1. The van der Waals surface area contributed by atoms with Crippen molar-refractivity contribution in [2.45, 2.75) is 31.9 Å². The van der Waals surface area contributed by atoms with E-state index in [1.807, 2.05) is 74.5 Å². The van der Waals surface area contributed by atoms with Crippen LogP contribution in [-0.2, 0) is 9.53 Å². The lowest BCUT2D eigenvalue weighted by atomic mass is 9.96. The van der Waals surface area contributed by atoms with Gasteiger partial charge in [0.15, 0.2) is 0 Å². The SMILES string of the molecule is CCC(C)(OC)C(=O)NC(c1ccccc1)c1ccccc1. The van der Waals surface area contributed by atoms with Crippen molar-refractivity contribution >= 4 is 5.91 Å². The van der Waals surface area contributed by atoms with Gasteiger partial charge in [-0.15, -0.1) is 0 Å². The summed E-state index contributed by atoms with van der Waals surface area (Å²) in [6.07, 6.45) is 0.617. The van der Waals surface area contributed by atoms with E-state index in [-0.39, 0.29) is 11.9 Å². The van der Waals surface area contributed by atoms with E-state index in [0.29, 0.717) is 6.42 Å². The Morgan fingerprint density at radius 1 is 1.05 bits per heavy atom. The van der Waals surface area contributed by atoms with Crippen LogP contribution in [0.5, 0.6) is 0 Å². The van der Waals surface area contributed by atoms with Crippen LogP contribution < -0.4 is 5.32 Å². The quantitative estimate of drug-likeness (QED) is 0.882. The number of carbonyl (C=O) groups is 1. The minimum atomic E-state index is -0.818. The van der Waals surface area contributed by atoms with Crippen molar-refractivity contribution in [1.29, 1.82) is 0 Å². The van der Waals surface area contributed by atoms with Crippen LogP contribution in [0.15, 0.2) is 60.7 Å². The zero-order valence-corrected chi connectivity index (χ0v) is 13.4. The number of carbonyl (C=O) groups excluding carboxylic acids is 1. The number of benzene rings is 2. The summed E-state index contributed by atoms with van der Waals surface area (Å²) in [6.45, 7) is 3.76. The second-order valence-corrected chi connectivity index (χ2v) is 5.52. The molecule has 22 heavy (non-hydrogen) atoms. The summed E-state index contributed by atoms with van der Waals surface area (Å²) in [6, 6.07) is 19.8. The highest BCUT2D eigenvalue weighted by atomic mass is 16.5.